The second kappa shape index (κ2) is 10.1. The first-order valence-corrected chi connectivity index (χ1v) is 9.16. The van der Waals surface area contributed by atoms with Crippen LogP contribution in [0, 0.1) is 11.8 Å². The first-order chi connectivity index (χ1) is 11.7. The summed E-state index contributed by atoms with van der Waals surface area (Å²) >= 11 is 0. The summed E-state index contributed by atoms with van der Waals surface area (Å²) in [4.78, 5) is 28.0. The van der Waals surface area contributed by atoms with Crippen molar-refractivity contribution in [2.45, 2.75) is 51.9 Å². The van der Waals surface area contributed by atoms with Crippen molar-refractivity contribution in [2.24, 2.45) is 11.8 Å². The lowest BCUT2D eigenvalue weighted by molar-refractivity contribution is -0.126. The summed E-state index contributed by atoms with van der Waals surface area (Å²) in [5, 5.41) is 5.74. The number of rotatable bonds is 8. The number of amides is 2. The lowest BCUT2D eigenvalue weighted by Crippen LogP contribution is -2.38. The second-order valence-corrected chi connectivity index (χ2v) is 6.65. The minimum absolute atomic E-state index is 0.138. The van der Waals surface area contributed by atoms with Crippen molar-refractivity contribution in [2.75, 3.05) is 13.1 Å². The molecule has 1 fully saturated rings. The number of unbranched alkanes of at least 4 members (excludes halogenated alkanes) is 1. The van der Waals surface area contributed by atoms with Crippen molar-refractivity contribution in [1.82, 2.24) is 15.6 Å². The fraction of sp³-hybridized carbons (Fsp3) is 0.632. The Morgan fingerprint density at radius 3 is 2.58 bits per heavy atom. The van der Waals surface area contributed by atoms with E-state index in [0.29, 0.717) is 18.7 Å². The van der Waals surface area contributed by atoms with Gasteiger partial charge in [0.15, 0.2) is 0 Å². The van der Waals surface area contributed by atoms with Gasteiger partial charge in [-0.2, -0.15) is 0 Å². The van der Waals surface area contributed by atoms with E-state index in [2.05, 4.69) is 22.5 Å². The van der Waals surface area contributed by atoms with Crippen LogP contribution in [0.25, 0.3) is 0 Å². The van der Waals surface area contributed by atoms with Gasteiger partial charge in [0.25, 0.3) is 5.91 Å². The highest BCUT2D eigenvalue weighted by Gasteiger charge is 2.25. The standard InChI is InChI=1S/C19H29N3O2/c1-2-3-5-15-7-9-16(10-8-15)18(23)21-12-13-22-19(24)17-6-4-11-20-14-17/h4,6,11,14-16H,2-3,5,7-10,12-13H2,1H3,(H,21,23)(H,22,24). The summed E-state index contributed by atoms with van der Waals surface area (Å²) in [6.07, 6.45) is 11.4. The molecule has 1 aliphatic carbocycles. The highest BCUT2D eigenvalue weighted by atomic mass is 16.2. The lowest BCUT2D eigenvalue weighted by Gasteiger charge is -2.27. The largest absolute Gasteiger partial charge is 0.354 e. The number of carbonyl (C=O) groups excluding carboxylic acids is 2. The van der Waals surface area contributed by atoms with Crippen LogP contribution in [0.2, 0.25) is 0 Å². The van der Waals surface area contributed by atoms with Gasteiger partial charge in [-0.05, 0) is 43.7 Å². The summed E-state index contributed by atoms with van der Waals surface area (Å²) in [5.74, 6) is 0.943. The third-order valence-electron chi connectivity index (χ3n) is 4.82. The number of nitrogens with zero attached hydrogens (tertiary/aromatic N) is 1. The molecule has 0 unspecified atom stereocenters. The highest BCUT2D eigenvalue weighted by molar-refractivity contribution is 5.93. The predicted molar refractivity (Wildman–Crippen MR) is 94.6 cm³/mol. The van der Waals surface area contributed by atoms with Crippen molar-refractivity contribution in [3.8, 4) is 0 Å². The average Bonchev–Trinajstić information content (AvgIpc) is 2.64. The molecule has 2 N–H and O–H groups in total. The van der Waals surface area contributed by atoms with Crippen LogP contribution in [0.5, 0.6) is 0 Å². The zero-order valence-corrected chi connectivity index (χ0v) is 14.6. The van der Waals surface area contributed by atoms with Crippen molar-refractivity contribution < 1.29 is 9.59 Å². The smallest absolute Gasteiger partial charge is 0.252 e. The highest BCUT2D eigenvalue weighted by Crippen LogP contribution is 2.31. The Labute approximate surface area is 144 Å². The van der Waals surface area contributed by atoms with Crippen LogP contribution in [0.1, 0.15) is 62.2 Å². The summed E-state index contributed by atoms with van der Waals surface area (Å²) in [6.45, 7) is 3.14. The number of nitrogens with one attached hydrogen (secondary N) is 2. The van der Waals surface area contributed by atoms with Gasteiger partial charge in [-0.15, -0.1) is 0 Å². The van der Waals surface area contributed by atoms with Crippen LogP contribution in [0.4, 0.5) is 0 Å². The van der Waals surface area contributed by atoms with Gasteiger partial charge < -0.3 is 10.6 Å². The monoisotopic (exact) mass is 331 g/mol. The molecule has 0 spiro atoms. The molecule has 5 nitrogen and oxygen atoms in total. The number of hydrogen-bond acceptors (Lipinski definition) is 3. The van der Waals surface area contributed by atoms with Gasteiger partial charge >= 0.3 is 0 Å². The molecule has 0 radical (unpaired) electrons. The van der Waals surface area contributed by atoms with Crippen LogP contribution < -0.4 is 10.6 Å². The molecule has 0 atom stereocenters. The Kier molecular flexibility index (Phi) is 7.72. The normalized spacial score (nSPS) is 20.4. The van der Waals surface area contributed by atoms with Crippen molar-refractivity contribution in [1.29, 1.82) is 0 Å². The Bertz CT molecular complexity index is 511. The molecule has 1 heterocycles. The van der Waals surface area contributed by atoms with Gasteiger partial charge in [0.05, 0.1) is 5.56 Å². The van der Waals surface area contributed by atoms with Gasteiger partial charge in [-0.1, -0.05) is 26.2 Å². The molecule has 0 aromatic carbocycles. The molecular weight excluding hydrogens is 302 g/mol. The van der Waals surface area contributed by atoms with E-state index in [4.69, 9.17) is 0 Å². The van der Waals surface area contributed by atoms with Gasteiger partial charge in [-0.25, -0.2) is 0 Å². The first-order valence-electron chi connectivity index (χ1n) is 9.16. The van der Waals surface area contributed by atoms with Gasteiger partial charge in [0, 0.05) is 31.4 Å². The summed E-state index contributed by atoms with van der Waals surface area (Å²) in [7, 11) is 0. The minimum Gasteiger partial charge on any atom is -0.354 e. The zero-order chi connectivity index (χ0) is 17.2. The van der Waals surface area contributed by atoms with E-state index in [9.17, 15) is 9.59 Å². The molecule has 1 saturated carbocycles. The molecule has 1 aromatic heterocycles. The van der Waals surface area contributed by atoms with Crippen LogP contribution in [-0.2, 0) is 4.79 Å². The molecule has 0 bridgehead atoms. The molecule has 1 aliphatic rings. The van der Waals surface area contributed by atoms with E-state index in [-0.39, 0.29) is 17.7 Å². The van der Waals surface area contributed by atoms with E-state index in [1.54, 1.807) is 18.3 Å². The van der Waals surface area contributed by atoms with E-state index in [1.165, 1.54) is 38.3 Å². The number of pyridine rings is 1. The quantitative estimate of drug-likeness (QED) is 0.720. The van der Waals surface area contributed by atoms with E-state index in [1.807, 2.05) is 0 Å². The Morgan fingerprint density at radius 1 is 1.17 bits per heavy atom. The Balaban J connectivity index is 1.59. The fourth-order valence-electron chi connectivity index (χ4n) is 3.31. The maximum atomic E-state index is 12.2. The number of aromatic nitrogens is 1. The lowest BCUT2D eigenvalue weighted by atomic mass is 9.79. The second-order valence-electron chi connectivity index (χ2n) is 6.65. The van der Waals surface area contributed by atoms with Crippen LogP contribution in [-0.4, -0.2) is 29.9 Å². The summed E-state index contributed by atoms with van der Waals surface area (Å²) in [5.41, 5.74) is 0.536. The van der Waals surface area contributed by atoms with E-state index < -0.39 is 0 Å². The first kappa shape index (κ1) is 18.4. The molecule has 1 aromatic rings. The predicted octanol–water partition coefficient (Wildman–Crippen LogP) is 2.92. The third-order valence-corrected chi connectivity index (χ3v) is 4.82. The number of hydrogen-bond donors (Lipinski definition) is 2. The van der Waals surface area contributed by atoms with Crippen LogP contribution in [0.3, 0.4) is 0 Å². The number of carbonyl (C=O) groups is 2. The molecule has 5 heteroatoms. The summed E-state index contributed by atoms with van der Waals surface area (Å²) < 4.78 is 0. The average molecular weight is 331 g/mol. The van der Waals surface area contributed by atoms with E-state index >= 15 is 0 Å². The molecule has 24 heavy (non-hydrogen) atoms. The van der Waals surface area contributed by atoms with Crippen molar-refractivity contribution in [3.63, 3.8) is 0 Å². The maximum absolute atomic E-state index is 12.2. The van der Waals surface area contributed by atoms with Gasteiger partial charge in [0.2, 0.25) is 5.91 Å². The molecular formula is C19H29N3O2. The third kappa shape index (κ3) is 5.95. The SMILES string of the molecule is CCCCC1CCC(C(=O)NCCNC(=O)c2cccnc2)CC1. The van der Waals surface area contributed by atoms with Crippen molar-refractivity contribution >= 4 is 11.8 Å². The molecule has 2 rings (SSSR count). The molecule has 0 saturated heterocycles. The summed E-state index contributed by atoms with van der Waals surface area (Å²) in [6, 6.07) is 3.45. The van der Waals surface area contributed by atoms with Crippen molar-refractivity contribution in [3.05, 3.63) is 30.1 Å². The van der Waals surface area contributed by atoms with Crippen LogP contribution in [0.15, 0.2) is 24.5 Å². The fourth-order valence-corrected chi connectivity index (χ4v) is 3.31. The molecule has 2 amide bonds. The van der Waals surface area contributed by atoms with Crippen LogP contribution >= 0.6 is 0 Å². The minimum atomic E-state index is -0.159. The Morgan fingerprint density at radius 2 is 1.92 bits per heavy atom. The zero-order valence-electron chi connectivity index (χ0n) is 14.6. The Hall–Kier alpha value is -1.91. The van der Waals surface area contributed by atoms with Gasteiger partial charge in [-0.3, -0.25) is 14.6 Å². The maximum Gasteiger partial charge on any atom is 0.252 e. The molecule has 132 valence electrons. The topological polar surface area (TPSA) is 71.1 Å². The molecule has 0 aliphatic heterocycles. The van der Waals surface area contributed by atoms with Gasteiger partial charge in [0.1, 0.15) is 0 Å². The van der Waals surface area contributed by atoms with E-state index in [0.717, 1.165) is 18.8 Å².